The molecular weight excluding hydrogens is 286 g/mol. The summed E-state index contributed by atoms with van der Waals surface area (Å²) in [6.45, 7) is 2.23. The van der Waals surface area contributed by atoms with Crippen molar-refractivity contribution in [3.63, 3.8) is 0 Å². The van der Waals surface area contributed by atoms with Gasteiger partial charge < -0.3 is 19.9 Å². The summed E-state index contributed by atoms with van der Waals surface area (Å²) in [5.41, 5.74) is -0.327. The summed E-state index contributed by atoms with van der Waals surface area (Å²) in [6, 6.07) is 9.35. The van der Waals surface area contributed by atoms with Crippen molar-refractivity contribution in [3.8, 4) is 0 Å². The van der Waals surface area contributed by atoms with E-state index in [9.17, 15) is 14.7 Å². The van der Waals surface area contributed by atoms with Gasteiger partial charge in [-0.1, -0.05) is 30.3 Å². The predicted octanol–water partition coefficient (Wildman–Crippen LogP) is 1.94. The Bertz CT molecular complexity index is 579. The molecule has 2 bridgehead atoms. The van der Waals surface area contributed by atoms with Gasteiger partial charge in [-0.05, 0) is 25.3 Å². The number of hydrogen-bond acceptors (Lipinski definition) is 4. The molecule has 1 unspecified atom stereocenters. The highest BCUT2D eigenvalue weighted by Gasteiger charge is 2.69. The lowest BCUT2D eigenvalue weighted by molar-refractivity contribution is -0.154. The Morgan fingerprint density at radius 1 is 1.36 bits per heavy atom. The third kappa shape index (κ3) is 2.54. The lowest BCUT2D eigenvalue weighted by Crippen LogP contribution is -2.50. The second-order valence-corrected chi connectivity index (χ2v) is 6.31. The van der Waals surface area contributed by atoms with E-state index >= 15 is 0 Å². The van der Waals surface area contributed by atoms with Crippen LogP contribution in [0.4, 0.5) is 4.79 Å². The zero-order valence-electron chi connectivity index (χ0n) is 12.4. The van der Waals surface area contributed by atoms with Crippen molar-refractivity contribution in [2.45, 2.75) is 38.1 Å². The minimum atomic E-state index is -0.860. The number of carbonyl (C=O) groups is 2. The molecule has 0 radical (unpaired) electrons. The molecule has 6 heteroatoms. The summed E-state index contributed by atoms with van der Waals surface area (Å²) >= 11 is 0. The third-order valence-corrected chi connectivity index (χ3v) is 4.49. The Kier molecular flexibility index (Phi) is 3.56. The first-order valence-corrected chi connectivity index (χ1v) is 7.29. The van der Waals surface area contributed by atoms with E-state index in [1.54, 1.807) is 0 Å². The average Bonchev–Trinajstić information content (AvgIpc) is 2.92. The Morgan fingerprint density at radius 3 is 2.68 bits per heavy atom. The maximum Gasteiger partial charge on any atom is 0.407 e. The third-order valence-electron chi connectivity index (χ3n) is 4.49. The van der Waals surface area contributed by atoms with Crippen LogP contribution < -0.4 is 5.32 Å². The van der Waals surface area contributed by atoms with Crippen molar-refractivity contribution in [2.24, 2.45) is 5.41 Å². The van der Waals surface area contributed by atoms with E-state index in [2.05, 4.69) is 5.32 Å². The van der Waals surface area contributed by atoms with Gasteiger partial charge in [0.2, 0.25) is 0 Å². The van der Waals surface area contributed by atoms with Crippen LogP contribution in [0.2, 0.25) is 0 Å². The first-order valence-electron chi connectivity index (χ1n) is 7.29. The van der Waals surface area contributed by atoms with E-state index in [0.29, 0.717) is 12.8 Å². The van der Waals surface area contributed by atoms with Crippen LogP contribution in [-0.4, -0.2) is 35.4 Å². The highest BCUT2D eigenvalue weighted by molar-refractivity contribution is 5.78. The van der Waals surface area contributed by atoms with Gasteiger partial charge in [0.15, 0.2) is 0 Å². The quantitative estimate of drug-likeness (QED) is 0.868. The van der Waals surface area contributed by atoms with Crippen LogP contribution in [0.5, 0.6) is 0 Å². The van der Waals surface area contributed by atoms with Crippen LogP contribution in [0.3, 0.4) is 0 Å². The number of nitrogens with one attached hydrogen (secondary N) is 1. The van der Waals surface area contributed by atoms with Gasteiger partial charge in [-0.2, -0.15) is 0 Å². The number of rotatable bonds is 5. The minimum Gasteiger partial charge on any atom is -0.481 e. The second kappa shape index (κ2) is 5.28. The number of fused-ring (bicyclic) bond motifs is 1. The molecule has 6 nitrogen and oxygen atoms in total. The number of carbonyl (C=O) groups excluding carboxylic acids is 1. The molecule has 2 heterocycles. The predicted molar refractivity (Wildman–Crippen MR) is 77.2 cm³/mol. The van der Waals surface area contributed by atoms with Crippen LogP contribution in [0.25, 0.3) is 0 Å². The molecule has 1 atom stereocenters. The van der Waals surface area contributed by atoms with Gasteiger partial charge in [-0.3, -0.25) is 4.79 Å². The highest BCUT2D eigenvalue weighted by Crippen LogP contribution is 2.61. The van der Waals surface area contributed by atoms with E-state index < -0.39 is 23.6 Å². The summed E-state index contributed by atoms with van der Waals surface area (Å²) in [4.78, 5) is 23.2. The van der Waals surface area contributed by atoms with Crippen molar-refractivity contribution in [2.75, 3.05) is 6.54 Å². The Morgan fingerprint density at radius 2 is 2.05 bits per heavy atom. The van der Waals surface area contributed by atoms with Gasteiger partial charge in [0.1, 0.15) is 12.0 Å². The number of carboxylic acids is 1. The lowest BCUT2D eigenvalue weighted by atomic mass is 9.60. The molecule has 1 saturated carbocycles. The molecule has 1 amide bonds. The molecule has 3 fully saturated rings. The SMILES string of the molecule is CC12CC(C(=O)O)(C1)C(CNC(=O)OCc1ccccc1)O2. The second-order valence-electron chi connectivity index (χ2n) is 6.31. The fourth-order valence-corrected chi connectivity index (χ4v) is 3.53. The Hall–Kier alpha value is -2.08. The molecule has 1 aliphatic carbocycles. The lowest BCUT2D eigenvalue weighted by Gasteiger charge is -2.39. The van der Waals surface area contributed by atoms with Crippen LogP contribution >= 0.6 is 0 Å². The number of amides is 1. The molecule has 1 aromatic carbocycles. The largest absolute Gasteiger partial charge is 0.481 e. The van der Waals surface area contributed by atoms with Crippen molar-refractivity contribution < 1.29 is 24.2 Å². The smallest absolute Gasteiger partial charge is 0.407 e. The van der Waals surface area contributed by atoms with E-state index in [-0.39, 0.29) is 18.8 Å². The molecule has 1 aromatic rings. The molecule has 0 aromatic heterocycles. The monoisotopic (exact) mass is 305 g/mol. The normalized spacial score (nSPS) is 32.1. The molecule has 22 heavy (non-hydrogen) atoms. The minimum absolute atomic E-state index is 0.148. The van der Waals surface area contributed by atoms with E-state index in [4.69, 9.17) is 9.47 Å². The van der Waals surface area contributed by atoms with Gasteiger partial charge in [0.05, 0.1) is 11.7 Å². The van der Waals surface area contributed by atoms with Crippen LogP contribution in [0.15, 0.2) is 30.3 Å². The number of alkyl carbamates (subject to hydrolysis) is 1. The van der Waals surface area contributed by atoms with Crippen LogP contribution in [-0.2, 0) is 20.9 Å². The summed E-state index contributed by atoms with van der Waals surface area (Å²) in [5.74, 6) is -0.855. The first-order chi connectivity index (χ1) is 10.4. The molecule has 2 N–H and O–H groups in total. The van der Waals surface area contributed by atoms with Crippen LogP contribution in [0, 0.1) is 5.41 Å². The molecule has 2 aliphatic heterocycles. The van der Waals surface area contributed by atoms with Gasteiger partial charge in [0, 0.05) is 6.54 Å². The van der Waals surface area contributed by atoms with Gasteiger partial charge in [-0.15, -0.1) is 0 Å². The molecular formula is C16H19NO5. The molecule has 2 saturated heterocycles. The maximum atomic E-state index is 11.7. The van der Waals surface area contributed by atoms with Gasteiger partial charge >= 0.3 is 12.1 Å². The number of ether oxygens (including phenoxy) is 2. The molecule has 3 aliphatic rings. The summed E-state index contributed by atoms with van der Waals surface area (Å²) in [5, 5.41) is 12.0. The van der Waals surface area contributed by atoms with Gasteiger partial charge in [0.25, 0.3) is 0 Å². The molecule has 118 valence electrons. The average molecular weight is 305 g/mol. The van der Waals surface area contributed by atoms with Crippen molar-refractivity contribution in [1.82, 2.24) is 5.32 Å². The standard InChI is InChI=1S/C16H19NO5/c1-15-9-16(10-15,13(18)19)12(22-15)7-17-14(20)21-8-11-5-3-2-4-6-11/h2-6,12H,7-10H2,1H3,(H,17,20)(H,18,19). The topological polar surface area (TPSA) is 84.9 Å². The zero-order chi connectivity index (χ0) is 15.8. The molecule has 0 spiro atoms. The molecule has 4 rings (SSSR count). The van der Waals surface area contributed by atoms with Crippen LogP contribution in [0.1, 0.15) is 25.3 Å². The highest BCUT2D eigenvalue weighted by atomic mass is 16.6. The van der Waals surface area contributed by atoms with Gasteiger partial charge in [-0.25, -0.2) is 4.79 Å². The number of hydrogen-bond donors (Lipinski definition) is 2. The number of carboxylic acid groups (broad SMARTS) is 1. The van der Waals surface area contributed by atoms with Crippen molar-refractivity contribution >= 4 is 12.1 Å². The van der Waals surface area contributed by atoms with E-state index in [0.717, 1.165) is 5.56 Å². The summed E-state index contributed by atoms with van der Waals surface area (Å²) in [6.07, 6.45) is -0.0666. The summed E-state index contributed by atoms with van der Waals surface area (Å²) < 4.78 is 10.9. The van der Waals surface area contributed by atoms with E-state index in [1.807, 2.05) is 37.3 Å². The Balaban J connectivity index is 1.48. The fourth-order valence-electron chi connectivity index (χ4n) is 3.53. The fraction of sp³-hybridized carbons (Fsp3) is 0.500. The zero-order valence-corrected chi connectivity index (χ0v) is 12.4. The number of aliphatic carboxylic acids is 1. The first kappa shape index (κ1) is 14.8. The van der Waals surface area contributed by atoms with E-state index in [1.165, 1.54) is 0 Å². The van der Waals surface area contributed by atoms with Crippen molar-refractivity contribution in [3.05, 3.63) is 35.9 Å². The van der Waals surface area contributed by atoms with Crippen molar-refractivity contribution in [1.29, 1.82) is 0 Å². The summed E-state index contributed by atoms with van der Waals surface area (Å²) in [7, 11) is 0. The maximum absolute atomic E-state index is 11.7. The number of benzene rings is 1. The Labute approximate surface area is 128 Å².